The van der Waals surface area contributed by atoms with E-state index in [-0.39, 0.29) is 24.0 Å². The van der Waals surface area contributed by atoms with Gasteiger partial charge in [-0.1, -0.05) is 39.8 Å². The van der Waals surface area contributed by atoms with Crippen molar-refractivity contribution in [1.82, 2.24) is 9.55 Å². The Balaban J connectivity index is 0.00000288. The van der Waals surface area contributed by atoms with Crippen LogP contribution in [-0.2, 0) is 13.1 Å². The average Bonchev–Trinajstić information content (AvgIpc) is 2.92. The van der Waals surface area contributed by atoms with Crippen molar-refractivity contribution in [2.24, 2.45) is 16.6 Å². The molecule has 6 heteroatoms. The predicted molar refractivity (Wildman–Crippen MR) is 112 cm³/mol. The molecule has 0 fully saturated rings. The molecule has 0 saturated carbocycles. The Labute approximate surface area is 161 Å². The zero-order valence-electron chi connectivity index (χ0n) is 14.9. The summed E-state index contributed by atoms with van der Waals surface area (Å²) < 4.78 is 2.13. The first-order chi connectivity index (χ1) is 11.0. The van der Waals surface area contributed by atoms with Gasteiger partial charge in [0.2, 0.25) is 0 Å². The van der Waals surface area contributed by atoms with E-state index in [0.29, 0.717) is 24.3 Å². The number of benzene rings is 1. The fourth-order valence-corrected chi connectivity index (χ4v) is 2.37. The normalized spacial score (nSPS) is 11.7. The highest BCUT2D eigenvalue weighted by Crippen LogP contribution is 2.18. The predicted octanol–water partition coefficient (Wildman–Crippen LogP) is 4.21. The lowest BCUT2D eigenvalue weighted by molar-refractivity contribution is 0.507. The maximum absolute atomic E-state index is 6.00. The van der Waals surface area contributed by atoms with Crippen LogP contribution in [0.15, 0.2) is 41.7 Å². The average molecular weight is 441 g/mol. The van der Waals surface area contributed by atoms with Gasteiger partial charge < -0.3 is 15.6 Å². The number of imidazole rings is 1. The molecule has 132 valence electrons. The molecule has 0 aliphatic rings. The van der Waals surface area contributed by atoms with Crippen molar-refractivity contribution in [2.45, 2.75) is 46.7 Å². The van der Waals surface area contributed by atoms with E-state index in [4.69, 9.17) is 5.73 Å². The van der Waals surface area contributed by atoms with E-state index in [2.05, 4.69) is 59.7 Å². The fourth-order valence-electron chi connectivity index (χ4n) is 2.37. The minimum absolute atomic E-state index is 0. The van der Waals surface area contributed by atoms with Crippen LogP contribution in [-0.4, -0.2) is 15.5 Å². The van der Waals surface area contributed by atoms with Crippen molar-refractivity contribution < 1.29 is 0 Å². The number of aromatic nitrogens is 2. The van der Waals surface area contributed by atoms with Crippen molar-refractivity contribution in [3.8, 4) is 0 Å². The molecule has 0 spiro atoms. The van der Waals surface area contributed by atoms with E-state index >= 15 is 0 Å². The lowest BCUT2D eigenvalue weighted by atomic mass is 10.0. The Kier molecular flexibility index (Phi) is 8.24. The Hall–Kier alpha value is -1.57. The zero-order chi connectivity index (χ0) is 16.8. The van der Waals surface area contributed by atoms with Gasteiger partial charge in [0.1, 0.15) is 12.4 Å². The Morgan fingerprint density at radius 2 is 2.04 bits per heavy atom. The van der Waals surface area contributed by atoms with E-state index in [1.165, 1.54) is 5.56 Å². The van der Waals surface area contributed by atoms with E-state index < -0.39 is 0 Å². The van der Waals surface area contributed by atoms with Crippen LogP contribution in [0, 0.1) is 5.92 Å². The van der Waals surface area contributed by atoms with E-state index in [1.807, 2.05) is 24.5 Å². The van der Waals surface area contributed by atoms with Crippen LogP contribution in [0.1, 0.15) is 45.0 Å². The first kappa shape index (κ1) is 20.5. The molecule has 2 aromatic rings. The van der Waals surface area contributed by atoms with Gasteiger partial charge in [-0.25, -0.2) is 9.98 Å². The number of nitrogens with one attached hydrogen (secondary N) is 1. The van der Waals surface area contributed by atoms with Gasteiger partial charge in [-0.3, -0.25) is 0 Å². The van der Waals surface area contributed by atoms with Gasteiger partial charge in [-0.05, 0) is 29.5 Å². The molecule has 0 saturated heterocycles. The number of hydrogen-bond donors (Lipinski definition) is 2. The van der Waals surface area contributed by atoms with Crippen LogP contribution >= 0.6 is 24.0 Å². The Bertz CT molecular complexity index is 661. The summed E-state index contributed by atoms with van der Waals surface area (Å²) in [6.07, 6.45) is 3.80. The second-order valence-electron chi connectivity index (χ2n) is 6.50. The summed E-state index contributed by atoms with van der Waals surface area (Å²) in [5.41, 5.74) is 8.24. The molecule has 1 aromatic heterocycles. The number of rotatable bonds is 6. The van der Waals surface area contributed by atoms with E-state index in [0.717, 1.165) is 18.1 Å². The molecule has 3 N–H and O–H groups in total. The SMILES string of the molecule is CC(C)Cn1ccnc1CN=C(N)Nc1cccc(C(C)C)c1.I. The third-order valence-electron chi connectivity index (χ3n) is 3.58. The number of nitrogens with two attached hydrogens (primary N) is 1. The molecular formula is C18H28IN5. The van der Waals surface area contributed by atoms with E-state index in [9.17, 15) is 0 Å². The first-order valence-electron chi connectivity index (χ1n) is 8.12. The van der Waals surface area contributed by atoms with Crippen LogP contribution in [0.2, 0.25) is 0 Å². The molecule has 0 aliphatic carbocycles. The molecule has 1 heterocycles. The molecule has 0 atom stereocenters. The molecule has 0 bridgehead atoms. The van der Waals surface area contributed by atoms with Gasteiger partial charge >= 0.3 is 0 Å². The number of hydrogen-bond acceptors (Lipinski definition) is 2. The maximum Gasteiger partial charge on any atom is 0.193 e. The van der Waals surface area contributed by atoms with Gasteiger partial charge in [0.15, 0.2) is 5.96 Å². The van der Waals surface area contributed by atoms with Crippen LogP contribution in [0.4, 0.5) is 5.69 Å². The Morgan fingerprint density at radius 3 is 2.71 bits per heavy atom. The number of guanidine groups is 1. The van der Waals surface area contributed by atoms with Crippen LogP contribution in [0.5, 0.6) is 0 Å². The smallest absolute Gasteiger partial charge is 0.193 e. The summed E-state index contributed by atoms with van der Waals surface area (Å²) in [7, 11) is 0. The third-order valence-corrected chi connectivity index (χ3v) is 3.58. The summed E-state index contributed by atoms with van der Waals surface area (Å²) in [6, 6.07) is 8.24. The molecule has 0 aliphatic heterocycles. The van der Waals surface area contributed by atoms with Gasteiger partial charge in [-0.2, -0.15) is 0 Å². The van der Waals surface area contributed by atoms with Crippen molar-refractivity contribution in [2.75, 3.05) is 5.32 Å². The van der Waals surface area contributed by atoms with Gasteiger partial charge in [-0.15, -0.1) is 24.0 Å². The van der Waals surface area contributed by atoms with Crippen molar-refractivity contribution >= 4 is 35.6 Å². The molecule has 0 radical (unpaired) electrons. The molecule has 0 unspecified atom stereocenters. The molecular weight excluding hydrogens is 413 g/mol. The van der Waals surface area contributed by atoms with Crippen molar-refractivity contribution in [3.63, 3.8) is 0 Å². The van der Waals surface area contributed by atoms with Crippen molar-refractivity contribution in [1.29, 1.82) is 0 Å². The molecule has 2 rings (SSSR count). The molecule has 0 amide bonds. The molecule has 24 heavy (non-hydrogen) atoms. The van der Waals surface area contributed by atoms with Gasteiger partial charge in [0.25, 0.3) is 0 Å². The highest BCUT2D eigenvalue weighted by atomic mass is 127. The highest BCUT2D eigenvalue weighted by Gasteiger charge is 2.05. The number of aliphatic imine (C=N–C) groups is 1. The van der Waals surface area contributed by atoms with Crippen LogP contribution < -0.4 is 11.1 Å². The lowest BCUT2D eigenvalue weighted by Crippen LogP contribution is -2.23. The van der Waals surface area contributed by atoms with E-state index in [1.54, 1.807) is 0 Å². The third kappa shape index (κ3) is 6.14. The zero-order valence-corrected chi connectivity index (χ0v) is 17.2. The highest BCUT2D eigenvalue weighted by molar-refractivity contribution is 14.0. The van der Waals surface area contributed by atoms with Crippen molar-refractivity contribution in [3.05, 3.63) is 48.0 Å². The van der Waals surface area contributed by atoms with Gasteiger partial charge in [0.05, 0.1) is 0 Å². The summed E-state index contributed by atoms with van der Waals surface area (Å²) in [5.74, 6) is 2.39. The summed E-state index contributed by atoms with van der Waals surface area (Å²) >= 11 is 0. The maximum atomic E-state index is 6.00. The molecule has 1 aromatic carbocycles. The summed E-state index contributed by atoms with van der Waals surface area (Å²) in [4.78, 5) is 8.76. The molecule has 5 nitrogen and oxygen atoms in total. The fraction of sp³-hybridized carbons (Fsp3) is 0.444. The number of anilines is 1. The summed E-state index contributed by atoms with van der Waals surface area (Å²) in [6.45, 7) is 10.1. The second-order valence-corrected chi connectivity index (χ2v) is 6.50. The van der Waals surface area contributed by atoms with Gasteiger partial charge in [0, 0.05) is 24.6 Å². The lowest BCUT2D eigenvalue weighted by Gasteiger charge is -2.11. The quantitative estimate of drug-likeness (QED) is 0.401. The topological polar surface area (TPSA) is 68.2 Å². The minimum Gasteiger partial charge on any atom is -0.370 e. The number of halogens is 1. The first-order valence-corrected chi connectivity index (χ1v) is 8.12. The van der Waals surface area contributed by atoms with Crippen LogP contribution in [0.3, 0.4) is 0 Å². The second kappa shape index (κ2) is 9.66. The number of nitrogens with zero attached hydrogens (tertiary/aromatic N) is 3. The Morgan fingerprint density at radius 1 is 1.29 bits per heavy atom. The largest absolute Gasteiger partial charge is 0.370 e. The summed E-state index contributed by atoms with van der Waals surface area (Å²) in [5, 5.41) is 3.15. The minimum atomic E-state index is 0. The standard InChI is InChI=1S/C18H27N5.HI/c1-13(2)12-23-9-8-20-17(23)11-21-18(19)22-16-7-5-6-15(10-16)14(3)4;/h5-10,13-14H,11-12H2,1-4H3,(H3,19,21,22);1H. The monoisotopic (exact) mass is 441 g/mol. The van der Waals surface area contributed by atoms with Crippen LogP contribution in [0.25, 0.3) is 0 Å².